The molecule has 0 bridgehead atoms. The smallest absolute Gasteiger partial charge is 0.297 e. The van der Waals surface area contributed by atoms with Gasteiger partial charge in [0.15, 0.2) is 5.78 Å². The minimum Gasteiger partial charge on any atom is -0.491 e. The lowest BCUT2D eigenvalue weighted by atomic mass is 9.86. The van der Waals surface area contributed by atoms with E-state index >= 15 is 0 Å². The van der Waals surface area contributed by atoms with E-state index in [4.69, 9.17) is 4.74 Å². The van der Waals surface area contributed by atoms with Crippen molar-refractivity contribution in [2.24, 2.45) is 5.92 Å². The highest BCUT2D eigenvalue weighted by Crippen LogP contribution is 2.40. The molecule has 1 aliphatic rings. The van der Waals surface area contributed by atoms with Crippen LogP contribution in [0.1, 0.15) is 35.8 Å². The van der Waals surface area contributed by atoms with Crippen molar-refractivity contribution in [1.29, 1.82) is 0 Å². The number of ether oxygens (including phenoxy) is 1. The molecule has 32 heavy (non-hydrogen) atoms. The third-order valence-electron chi connectivity index (χ3n) is 5.21. The van der Waals surface area contributed by atoms with Crippen molar-refractivity contribution in [2.75, 3.05) is 4.90 Å². The first kappa shape index (κ1) is 21.4. The number of amides is 1. The minimum atomic E-state index is -1.29. The van der Waals surface area contributed by atoms with Crippen molar-refractivity contribution in [3.8, 4) is 5.75 Å². The molecule has 0 saturated carbocycles. The molecule has 6 nitrogen and oxygen atoms in total. The molecule has 162 valence electrons. The highest BCUT2D eigenvalue weighted by atomic mass is 19.1. The van der Waals surface area contributed by atoms with Gasteiger partial charge in [-0.25, -0.2) is 9.37 Å². The van der Waals surface area contributed by atoms with Gasteiger partial charge in [-0.3, -0.25) is 19.3 Å². The first-order valence-corrected chi connectivity index (χ1v) is 10.2. The molecule has 2 heterocycles. The van der Waals surface area contributed by atoms with Gasteiger partial charge in [0, 0.05) is 11.8 Å². The highest BCUT2D eigenvalue weighted by molar-refractivity contribution is 6.48. The number of pyridine rings is 1. The molecular weight excluding hydrogens is 411 g/mol. The summed E-state index contributed by atoms with van der Waals surface area (Å²) in [6, 6.07) is 15.9. The molecule has 0 N–H and O–H groups in total. The van der Waals surface area contributed by atoms with Crippen LogP contribution in [0.25, 0.3) is 0 Å². The summed E-state index contributed by atoms with van der Waals surface area (Å²) in [6.07, 6.45) is 1.47. The van der Waals surface area contributed by atoms with Crippen LogP contribution in [0.5, 0.6) is 5.75 Å². The Morgan fingerprint density at radius 3 is 2.28 bits per heavy atom. The van der Waals surface area contributed by atoms with Crippen molar-refractivity contribution in [3.63, 3.8) is 0 Å². The first-order chi connectivity index (χ1) is 15.4. The van der Waals surface area contributed by atoms with Gasteiger partial charge in [0.05, 0.1) is 12.1 Å². The molecule has 2 aromatic carbocycles. The van der Waals surface area contributed by atoms with Crippen LogP contribution in [-0.4, -0.2) is 28.6 Å². The van der Waals surface area contributed by atoms with E-state index < -0.39 is 35.3 Å². The lowest BCUT2D eigenvalue weighted by Crippen LogP contribution is -2.31. The zero-order valence-corrected chi connectivity index (χ0v) is 17.6. The van der Waals surface area contributed by atoms with E-state index in [2.05, 4.69) is 4.98 Å². The maximum atomic E-state index is 13.6. The molecule has 2 unspecified atom stereocenters. The molecule has 7 heteroatoms. The Hall–Kier alpha value is -3.87. The summed E-state index contributed by atoms with van der Waals surface area (Å²) in [7, 11) is 0. The maximum Gasteiger partial charge on any atom is 0.297 e. The van der Waals surface area contributed by atoms with Crippen LogP contribution in [0, 0.1) is 11.7 Å². The Balaban J connectivity index is 1.76. The standard InChI is InChI=1S/C25H21FN2O4/c1-15(2)32-19-12-8-17(9-13-19)23(29)21-22(16-6-10-18(26)11-7-16)28(25(31)24(21)30)20-5-3-4-14-27-20/h3-15,21-22H,1-2H3. The topological polar surface area (TPSA) is 76.6 Å². The number of carbonyl (C=O) groups excluding carboxylic acids is 3. The third-order valence-corrected chi connectivity index (χ3v) is 5.21. The predicted octanol–water partition coefficient (Wildman–Crippen LogP) is 4.16. The summed E-state index contributed by atoms with van der Waals surface area (Å²) in [6.45, 7) is 3.78. The van der Waals surface area contributed by atoms with Crippen LogP contribution in [-0.2, 0) is 9.59 Å². The molecule has 3 aromatic rings. The van der Waals surface area contributed by atoms with Gasteiger partial charge in [0.1, 0.15) is 23.3 Å². The Morgan fingerprint density at radius 2 is 1.69 bits per heavy atom. The number of hydrogen-bond acceptors (Lipinski definition) is 5. The number of Topliss-reactive ketones (excluding diaryl/α,β-unsaturated/α-hetero) is 2. The summed E-state index contributed by atoms with van der Waals surface area (Å²) in [5.41, 5.74) is 0.747. The number of anilines is 1. The molecule has 1 saturated heterocycles. The second kappa shape index (κ2) is 8.70. The summed E-state index contributed by atoms with van der Waals surface area (Å²) in [4.78, 5) is 44.8. The Kier molecular flexibility index (Phi) is 5.81. The van der Waals surface area contributed by atoms with Gasteiger partial charge in [-0.05, 0) is 67.9 Å². The van der Waals surface area contributed by atoms with Crippen molar-refractivity contribution >= 4 is 23.3 Å². The van der Waals surface area contributed by atoms with E-state index in [0.29, 0.717) is 11.3 Å². The molecule has 1 aromatic heterocycles. The predicted molar refractivity (Wildman–Crippen MR) is 116 cm³/mol. The Bertz CT molecular complexity index is 1140. The van der Waals surface area contributed by atoms with E-state index in [9.17, 15) is 18.8 Å². The molecular formula is C25H21FN2O4. The van der Waals surface area contributed by atoms with Crippen LogP contribution in [0.3, 0.4) is 0 Å². The van der Waals surface area contributed by atoms with Crippen LogP contribution >= 0.6 is 0 Å². The minimum absolute atomic E-state index is 0.0274. The molecule has 4 rings (SSSR count). The fraction of sp³-hybridized carbons (Fsp3) is 0.200. The van der Waals surface area contributed by atoms with E-state index in [1.807, 2.05) is 13.8 Å². The molecule has 1 aliphatic heterocycles. The van der Waals surface area contributed by atoms with Crippen LogP contribution < -0.4 is 9.64 Å². The van der Waals surface area contributed by atoms with Crippen molar-refractivity contribution in [2.45, 2.75) is 26.0 Å². The zero-order chi connectivity index (χ0) is 22.8. The molecule has 2 atom stereocenters. The van der Waals surface area contributed by atoms with Crippen LogP contribution in [0.15, 0.2) is 72.9 Å². The normalized spacial score (nSPS) is 18.3. The maximum absolute atomic E-state index is 13.6. The largest absolute Gasteiger partial charge is 0.491 e. The Morgan fingerprint density at radius 1 is 1.00 bits per heavy atom. The van der Waals surface area contributed by atoms with Crippen molar-refractivity contribution in [3.05, 3.63) is 89.9 Å². The van der Waals surface area contributed by atoms with E-state index in [0.717, 1.165) is 0 Å². The second-order valence-corrected chi connectivity index (χ2v) is 7.76. The number of nitrogens with zero attached hydrogens (tertiary/aromatic N) is 2. The van der Waals surface area contributed by atoms with Crippen LogP contribution in [0.2, 0.25) is 0 Å². The van der Waals surface area contributed by atoms with Gasteiger partial charge in [-0.2, -0.15) is 0 Å². The van der Waals surface area contributed by atoms with Crippen molar-refractivity contribution < 1.29 is 23.5 Å². The summed E-state index contributed by atoms with van der Waals surface area (Å²) in [5, 5.41) is 0. The molecule has 0 radical (unpaired) electrons. The summed E-state index contributed by atoms with van der Waals surface area (Å²) < 4.78 is 19.2. The fourth-order valence-electron chi connectivity index (χ4n) is 3.83. The SMILES string of the molecule is CC(C)Oc1ccc(C(=O)C2C(=O)C(=O)N(c3ccccn3)C2c2ccc(F)cc2)cc1. The van der Waals surface area contributed by atoms with E-state index in [1.54, 1.807) is 42.5 Å². The number of halogens is 1. The third kappa shape index (κ3) is 4.01. The van der Waals surface area contributed by atoms with Gasteiger partial charge < -0.3 is 4.74 Å². The first-order valence-electron chi connectivity index (χ1n) is 10.2. The van der Waals surface area contributed by atoms with Gasteiger partial charge >= 0.3 is 0 Å². The fourth-order valence-corrected chi connectivity index (χ4v) is 3.83. The summed E-state index contributed by atoms with van der Waals surface area (Å²) >= 11 is 0. The average molecular weight is 432 g/mol. The van der Waals surface area contributed by atoms with Gasteiger partial charge in [0.25, 0.3) is 5.91 Å². The number of carbonyl (C=O) groups is 3. The zero-order valence-electron chi connectivity index (χ0n) is 17.6. The van der Waals surface area contributed by atoms with Crippen molar-refractivity contribution in [1.82, 2.24) is 4.98 Å². The highest BCUT2D eigenvalue weighted by Gasteiger charge is 2.52. The lowest BCUT2D eigenvalue weighted by Gasteiger charge is -2.26. The molecule has 0 spiro atoms. The molecule has 1 amide bonds. The number of aromatic nitrogens is 1. The summed E-state index contributed by atoms with van der Waals surface area (Å²) in [5.74, 6) is -3.04. The number of hydrogen-bond donors (Lipinski definition) is 0. The monoisotopic (exact) mass is 432 g/mol. The Labute approximate surface area is 184 Å². The molecule has 0 aliphatic carbocycles. The second-order valence-electron chi connectivity index (χ2n) is 7.76. The van der Waals surface area contributed by atoms with Gasteiger partial charge in [-0.1, -0.05) is 18.2 Å². The van der Waals surface area contributed by atoms with E-state index in [-0.39, 0.29) is 17.5 Å². The number of benzene rings is 2. The number of ketones is 2. The van der Waals surface area contributed by atoms with Gasteiger partial charge in [0.2, 0.25) is 5.78 Å². The van der Waals surface area contributed by atoms with Crippen LogP contribution in [0.4, 0.5) is 10.2 Å². The number of rotatable bonds is 6. The van der Waals surface area contributed by atoms with E-state index in [1.165, 1.54) is 35.4 Å². The quantitative estimate of drug-likeness (QED) is 0.332. The molecule has 1 fully saturated rings. The van der Waals surface area contributed by atoms with Gasteiger partial charge in [-0.15, -0.1) is 0 Å². The lowest BCUT2D eigenvalue weighted by molar-refractivity contribution is -0.135. The average Bonchev–Trinajstić information content (AvgIpc) is 3.05.